The van der Waals surface area contributed by atoms with Gasteiger partial charge in [-0.25, -0.2) is 0 Å². The molecule has 2 unspecified atom stereocenters. The molecule has 0 saturated heterocycles. The molecule has 1 aliphatic heterocycles. The van der Waals surface area contributed by atoms with Gasteiger partial charge in [0.2, 0.25) is 0 Å². The lowest BCUT2D eigenvalue weighted by Gasteiger charge is -2.48. The zero-order valence-electron chi connectivity index (χ0n) is 28.7. The van der Waals surface area contributed by atoms with Crippen molar-refractivity contribution in [1.82, 2.24) is 0 Å². The van der Waals surface area contributed by atoms with Gasteiger partial charge in [0, 0.05) is 17.3 Å². The molecule has 3 aliphatic carbocycles. The summed E-state index contributed by atoms with van der Waals surface area (Å²) in [5, 5.41) is 4.00. The number of benzene rings is 8. The molecule has 1 heterocycles. The van der Waals surface area contributed by atoms with Crippen LogP contribution in [0.4, 0.5) is 11.4 Å². The monoisotopic (exact) mass is 661 g/mol. The maximum Gasteiger partial charge on any atom is 0.0750 e. The Balaban J connectivity index is 1.25. The van der Waals surface area contributed by atoms with Crippen molar-refractivity contribution < 1.29 is 0 Å². The van der Waals surface area contributed by atoms with Gasteiger partial charge in [-0.15, -0.1) is 0 Å². The molecule has 0 radical (unpaired) electrons. The topological polar surface area (TPSA) is 12.0 Å². The van der Waals surface area contributed by atoms with E-state index in [2.05, 4.69) is 193 Å². The van der Waals surface area contributed by atoms with Crippen molar-refractivity contribution in [3.63, 3.8) is 0 Å². The Labute approximate surface area is 304 Å². The zero-order chi connectivity index (χ0) is 34.2. The first-order valence-corrected chi connectivity index (χ1v) is 18.4. The fourth-order valence-electron chi connectivity index (χ4n) is 9.83. The molecule has 12 rings (SSSR count). The second kappa shape index (κ2) is 11.3. The summed E-state index contributed by atoms with van der Waals surface area (Å²) in [5.41, 5.74) is 21.8. The molecule has 0 fully saturated rings. The smallest absolute Gasteiger partial charge is 0.0750 e. The van der Waals surface area contributed by atoms with Gasteiger partial charge in [0.1, 0.15) is 0 Å². The van der Waals surface area contributed by atoms with Crippen LogP contribution in [0.15, 0.2) is 188 Å². The number of fused-ring (bicyclic) bond motifs is 1. The molecule has 2 atom stereocenters. The van der Waals surface area contributed by atoms with E-state index in [4.69, 9.17) is 0 Å². The molecular weight excluding hydrogens is 627 g/mol. The number of anilines is 2. The fraction of sp³-hybridized carbons (Fsp3) is 0.0588. The average molecular weight is 662 g/mol. The van der Waals surface area contributed by atoms with E-state index in [1.165, 1.54) is 94.8 Å². The summed E-state index contributed by atoms with van der Waals surface area (Å²) in [7, 11) is 0. The third kappa shape index (κ3) is 4.05. The van der Waals surface area contributed by atoms with Crippen LogP contribution in [0.3, 0.4) is 0 Å². The van der Waals surface area contributed by atoms with Crippen molar-refractivity contribution in [2.75, 3.05) is 5.32 Å². The second-order valence-corrected chi connectivity index (χ2v) is 14.4. The lowest BCUT2D eigenvalue weighted by atomic mass is 9.56. The summed E-state index contributed by atoms with van der Waals surface area (Å²) in [4.78, 5) is 0. The summed E-state index contributed by atoms with van der Waals surface area (Å²) < 4.78 is 0. The Kier molecular flexibility index (Phi) is 6.36. The summed E-state index contributed by atoms with van der Waals surface area (Å²) in [6.07, 6.45) is 0.956. The molecule has 1 nitrogen and oxygen atoms in total. The van der Waals surface area contributed by atoms with Crippen LogP contribution in [0, 0.1) is 0 Å². The Morgan fingerprint density at radius 3 is 1.69 bits per heavy atom. The summed E-state index contributed by atoms with van der Waals surface area (Å²) >= 11 is 0. The minimum absolute atomic E-state index is 0.215. The first kappa shape index (κ1) is 29.3. The largest absolute Gasteiger partial charge is 0.355 e. The van der Waals surface area contributed by atoms with Crippen molar-refractivity contribution in [3.05, 3.63) is 227 Å². The predicted octanol–water partition coefficient (Wildman–Crippen LogP) is 12.8. The standard InChI is InChI=1S/C51H35N/c1-3-15-33(16-4-1)37-20-8-9-22-39(37)35-27-29-47-46(32-35)51-44-25-13-7-19-36(44)31-43(41-24-12-14-26-45(41)51)49-42(28-30-48(52-47)50(49)51)40-23-11-10-21-38(40)34-17-5-2-6-18-34/h1-30,32,43,52H,31H2. The van der Waals surface area contributed by atoms with Crippen LogP contribution >= 0.6 is 0 Å². The van der Waals surface area contributed by atoms with Crippen molar-refractivity contribution in [3.8, 4) is 44.5 Å². The highest BCUT2D eigenvalue weighted by Crippen LogP contribution is 2.65. The van der Waals surface area contributed by atoms with Gasteiger partial charge in [-0.1, -0.05) is 170 Å². The second-order valence-electron chi connectivity index (χ2n) is 14.4. The van der Waals surface area contributed by atoms with E-state index in [1.807, 2.05) is 0 Å². The molecule has 0 saturated carbocycles. The van der Waals surface area contributed by atoms with Crippen LogP contribution in [0.2, 0.25) is 0 Å². The van der Waals surface area contributed by atoms with Crippen molar-refractivity contribution in [2.45, 2.75) is 17.8 Å². The van der Waals surface area contributed by atoms with Crippen LogP contribution < -0.4 is 5.32 Å². The van der Waals surface area contributed by atoms with Gasteiger partial charge in [-0.3, -0.25) is 0 Å². The van der Waals surface area contributed by atoms with Crippen LogP contribution in [0.5, 0.6) is 0 Å². The number of hydrogen-bond acceptors (Lipinski definition) is 1. The van der Waals surface area contributed by atoms with Gasteiger partial charge in [-0.05, 0) is 108 Å². The molecule has 52 heavy (non-hydrogen) atoms. The Morgan fingerprint density at radius 2 is 0.962 bits per heavy atom. The van der Waals surface area contributed by atoms with Gasteiger partial charge in [0.25, 0.3) is 0 Å². The predicted molar refractivity (Wildman–Crippen MR) is 215 cm³/mol. The van der Waals surface area contributed by atoms with Gasteiger partial charge in [-0.2, -0.15) is 0 Å². The first-order valence-electron chi connectivity index (χ1n) is 18.4. The molecule has 4 aliphatic rings. The summed E-state index contributed by atoms with van der Waals surface area (Å²) in [6.45, 7) is 0. The highest BCUT2D eigenvalue weighted by molar-refractivity contribution is 5.95. The van der Waals surface area contributed by atoms with Crippen LogP contribution in [-0.4, -0.2) is 0 Å². The zero-order valence-corrected chi connectivity index (χ0v) is 28.7. The van der Waals surface area contributed by atoms with Gasteiger partial charge >= 0.3 is 0 Å². The van der Waals surface area contributed by atoms with E-state index in [9.17, 15) is 0 Å². The van der Waals surface area contributed by atoms with Crippen molar-refractivity contribution in [1.29, 1.82) is 0 Å². The lowest BCUT2D eigenvalue weighted by molar-refractivity contribution is 0.685. The first-order chi connectivity index (χ1) is 25.8. The van der Waals surface area contributed by atoms with Gasteiger partial charge in [0.05, 0.1) is 5.41 Å². The third-order valence-electron chi connectivity index (χ3n) is 11.9. The van der Waals surface area contributed by atoms with E-state index in [0.29, 0.717) is 0 Å². The average Bonchev–Trinajstić information content (AvgIpc) is 3.44. The van der Waals surface area contributed by atoms with Gasteiger partial charge in [0.15, 0.2) is 0 Å². The minimum atomic E-state index is -0.499. The fourth-order valence-corrected chi connectivity index (χ4v) is 9.83. The molecule has 0 aromatic heterocycles. The molecule has 1 spiro atoms. The van der Waals surface area contributed by atoms with E-state index >= 15 is 0 Å². The molecule has 0 amide bonds. The number of nitrogens with one attached hydrogen (secondary N) is 1. The minimum Gasteiger partial charge on any atom is -0.355 e. The maximum absolute atomic E-state index is 4.00. The molecule has 8 aromatic rings. The molecule has 2 bridgehead atoms. The number of hydrogen-bond donors (Lipinski definition) is 1. The normalized spacial score (nSPS) is 17.2. The third-order valence-corrected chi connectivity index (χ3v) is 11.9. The highest BCUT2D eigenvalue weighted by atomic mass is 14.9. The molecule has 244 valence electrons. The van der Waals surface area contributed by atoms with Crippen LogP contribution in [0.1, 0.15) is 44.9 Å². The Morgan fingerprint density at radius 1 is 0.404 bits per heavy atom. The van der Waals surface area contributed by atoms with E-state index in [1.54, 1.807) is 0 Å². The van der Waals surface area contributed by atoms with Gasteiger partial charge < -0.3 is 5.32 Å². The Bertz CT molecular complexity index is 2680. The summed E-state index contributed by atoms with van der Waals surface area (Å²) in [5.74, 6) is 0.215. The maximum atomic E-state index is 4.00. The molecule has 8 aromatic carbocycles. The lowest BCUT2D eigenvalue weighted by Crippen LogP contribution is -2.39. The van der Waals surface area contributed by atoms with Crippen molar-refractivity contribution in [2.24, 2.45) is 0 Å². The van der Waals surface area contributed by atoms with Crippen LogP contribution in [-0.2, 0) is 11.8 Å². The van der Waals surface area contributed by atoms with E-state index in [-0.39, 0.29) is 5.92 Å². The van der Waals surface area contributed by atoms with Crippen LogP contribution in [0.25, 0.3) is 44.5 Å². The summed E-state index contributed by atoms with van der Waals surface area (Å²) in [6, 6.07) is 70.0. The van der Waals surface area contributed by atoms with E-state index in [0.717, 1.165) is 6.42 Å². The molecule has 1 heteroatoms. The van der Waals surface area contributed by atoms with Crippen molar-refractivity contribution >= 4 is 11.4 Å². The Hall–Kier alpha value is -6.44. The SMILES string of the molecule is c1ccc(-c2ccccc2-c2ccc3c(c2)C24c5ccccc5CC(c5ccccc52)c2c(-c5ccccc5-c5ccccc5)ccc(c24)N3)cc1. The quantitative estimate of drug-likeness (QED) is 0.198. The highest BCUT2D eigenvalue weighted by Gasteiger charge is 2.54. The number of rotatable bonds is 4. The molecular formula is C51H35N. The molecule has 1 N–H and O–H groups in total. The van der Waals surface area contributed by atoms with E-state index < -0.39 is 5.41 Å².